The molecule has 2 atom stereocenters. The van der Waals surface area contributed by atoms with E-state index in [1.165, 1.54) is 17.2 Å². The molecule has 0 aromatic carbocycles. The zero-order valence-corrected chi connectivity index (χ0v) is 12.2. The van der Waals surface area contributed by atoms with Crippen molar-refractivity contribution in [2.45, 2.75) is 32.6 Å². The molecule has 2 heterocycles. The number of hydrogen-bond acceptors (Lipinski definition) is 5. The molecular weight excluding hydrogens is 270 g/mol. The van der Waals surface area contributed by atoms with Crippen LogP contribution in [0.15, 0.2) is 10.9 Å². The molecule has 114 valence electrons. The molecular formula is C14H21N5O2. The lowest BCUT2D eigenvalue weighted by atomic mass is 9.79. The molecule has 1 saturated carbocycles. The number of aromatic amines is 1. The van der Waals surface area contributed by atoms with Crippen LogP contribution in [0.4, 0.5) is 5.82 Å². The first kappa shape index (κ1) is 14.1. The second kappa shape index (κ2) is 5.85. The van der Waals surface area contributed by atoms with Crippen LogP contribution in [0.3, 0.4) is 0 Å². The number of H-pyrrole nitrogens is 1. The Balaban J connectivity index is 1.74. The molecule has 0 aliphatic heterocycles. The zero-order valence-electron chi connectivity index (χ0n) is 12.2. The van der Waals surface area contributed by atoms with Crippen molar-refractivity contribution in [2.75, 3.05) is 18.5 Å². The van der Waals surface area contributed by atoms with E-state index in [2.05, 4.69) is 20.5 Å². The topological polar surface area (TPSA) is 95.3 Å². The van der Waals surface area contributed by atoms with Gasteiger partial charge in [0.05, 0.1) is 0 Å². The summed E-state index contributed by atoms with van der Waals surface area (Å²) in [6.07, 6.45) is 4.68. The normalized spacial score (nSPS) is 22.6. The highest BCUT2D eigenvalue weighted by molar-refractivity contribution is 5.49. The van der Waals surface area contributed by atoms with Crippen LogP contribution in [0.1, 0.15) is 31.5 Å². The molecule has 21 heavy (non-hydrogen) atoms. The molecule has 0 radical (unpaired) electrons. The van der Waals surface area contributed by atoms with Crippen molar-refractivity contribution < 1.29 is 5.11 Å². The van der Waals surface area contributed by atoms with Crippen LogP contribution in [0, 0.1) is 18.8 Å². The summed E-state index contributed by atoms with van der Waals surface area (Å²) in [5, 5.41) is 19.2. The molecule has 2 aromatic heterocycles. The van der Waals surface area contributed by atoms with Gasteiger partial charge in [-0.25, -0.2) is 19.3 Å². The lowest BCUT2D eigenvalue weighted by molar-refractivity contribution is 0.141. The third kappa shape index (κ3) is 2.78. The van der Waals surface area contributed by atoms with E-state index in [0.717, 1.165) is 25.2 Å². The fraction of sp³-hybridized carbons (Fsp3) is 0.643. The molecule has 2 unspecified atom stereocenters. The maximum absolute atomic E-state index is 11.6. The van der Waals surface area contributed by atoms with Gasteiger partial charge in [-0.3, -0.25) is 0 Å². The average molecular weight is 291 g/mol. The van der Waals surface area contributed by atoms with Gasteiger partial charge >= 0.3 is 5.69 Å². The monoisotopic (exact) mass is 291 g/mol. The third-order valence-corrected chi connectivity index (χ3v) is 4.42. The minimum Gasteiger partial charge on any atom is -0.396 e. The number of nitrogens with zero attached hydrogens (tertiary/aromatic N) is 3. The summed E-state index contributed by atoms with van der Waals surface area (Å²) in [5.41, 5.74) is 0.298. The molecule has 7 nitrogen and oxygen atoms in total. The maximum atomic E-state index is 11.6. The van der Waals surface area contributed by atoms with E-state index in [9.17, 15) is 9.90 Å². The fourth-order valence-corrected chi connectivity index (χ4v) is 3.22. The molecule has 0 saturated heterocycles. The summed E-state index contributed by atoms with van der Waals surface area (Å²) < 4.78 is 1.45. The predicted molar refractivity (Wildman–Crippen MR) is 79.4 cm³/mol. The van der Waals surface area contributed by atoms with Crippen molar-refractivity contribution in [1.29, 1.82) is 0 Å². The van der Waals surface area contributed by atoms with Crippen molar-refractivity contribution >= 4 is 11.5 Å². The quantitative estimate of drug-likeness (QED) is 0.779. The number of aliphatic hydroxyl groups excluding tert-OH is 1. The smallest absolute Gasteiger partial charge is 0.349 e. The standard InChI is InChI=1S/C14H21N5O2/c1-9-16-12(6-13-17-18-14(21)19(9)13)15-7-10-4-2-3-5-11(10)8-20/h6,10-11,15,20H,2-5,7-8H2,1H3,(H,18,21). The molecule has 2 aromatic rings. The summed E-state index contributed by atoms with van der Waals surface area (Å²) in [4.78, 5) is 16.0. The van der Waals surface area contributed by atoms with E-state index in [1.807, 2.05) is 0 Å². The van der Waals surface area contributed by atoms with Gasteiger partial charge in [0.15, 0.2) is 5.65 Å². The first-order valence-electron chi connectivity index (χ1n) is 7.48. The highest BCUT2D eigenvalue weighted by atomic mass is 16.3. The van der Waals surface area contributed by atoms with E-state index >= 15 is 0 Å². The van der Waals surface area contributed by atoms with Crippen molar-refractivity contribution in [2.24, 2.45) is 11.8 Å². The van der Waals surface area contributed by atoms with E-state index in [4.69, 9.17) is 0 Å². The largest absolute Gasteiger partial charge is 0.396 e. The summed E-state index contributed by atoms with van der Waals surface area (Å²) in [6.45, 7) is 2.83. The average Bonchev–Trinajstić information content (AvgIpc) is 2.87. The molecule has 0 bridgehead atoms. The molecule has 1 fully saturated rings. The van der Waals surface area contributed by atoms with Crippen molar-refractivity contribution in [1.82, 2.24) is 19.6 Å². The van der Waals surface area contributed by atoms with E-state index in [1.54, 1.807) is 13.0 Å². The minimum absolute atomic E-state index is 0.257. The summed E-state index contributed by atoms with van der Waals surface area (Å²) in [5.74, 6) is 2.19. The lowest BCUT2D eigenvalue weighted by Gasteiger charge is -2.30. The van der Waals surface area contributed by atoms with Crippen LogP contribution in [0.5, 0.6) is 0 Å². The van der Waals surface area contributed by atoms with Crippen LogP contribution in [0.25, 0.3) is 5.65 Å². The third-order valence-electron chi connectivity index (χ3n) is 4.42. The molecule has 1 aliphatic rings. The Labute approximate surface area is 122 Å². The lowest BCUT2D eigenvalue weighted by Crippen LogP contribution is -2.29. The van der Waals surface area contributed by atoms with Gasteiger partial charge in [-0.05, 0) is 31.6 Å². The Morgan fingerprint density at radius 3 is 2.95 bits per heavy atom. The van der Waals surface area contributed by atoms with E-state index < -0.39 is 0 Å². The molecule has 3 N–H and O–H groups in total. The number of nitrogens with one attached hydrogen (secondary N) is 2. The fourth-order valence-electron chi connectivity index (χ4n) is 3.22. The summed E-state index contributed by atoms with van der Waals surface area (Å²) in [6, 6.07) is 1.77. The number of aliphatic hydroxyl groups is 1. The van der Waals surface area contributed by atoms with Gasteiger partial charge in [0.25, 0.3) is 0 Å². The Morgan fingerprint density at radius 2 is 2.19 bits per heavy atom. The van der Waals surface area contributed by atoms with Crippen molar-refractivity contribution in [3.05, 3.63) is 22.4 Å². The number of rotatable bonds is 4. The van der Waals surface area contributed by atoms with Gasteiger partial charge < -0.3 is 10.4 Å². The predicted octanol–water partition coefficient (Wildman–Crippen LogP) is 0.937. The van der Waals surface area contributed by atoms with Crippen LogP contribution < -0.4 is 11.0 Å². The second-order valence-corrected chi connectivity index (χ2v) is 5.78. The number of aryl methyl sites for hydroxylation is 1. The Hall–Kier alpha value is -1.89. The number of aromatic nitrogens is 4. The Morgan fingerprint density at radius 1 is 1.43 bits per heavy atom. The Kier molecular flexibility index (Phi) is 3.92. The molecule has 0 spiro atoms. The van der Waals surface area contributed by atoms with Gasteiger partial charge in [0.1, 0.15) is 11.6 Å². The highest BCUT2D eigenvalue weighted by Gasteiger charge is 2.24. The Bertz CT molecular complexity index is 678. The molecule has 1 aliphatic carbocycles. The van der Waals surface area contributed by atoms with E-state index in [0.29, 0.717) is 23.3 Å². The summed E-state index contributed by atoms with van der Waals surface area (Å²) >= 11 is 0. The molecule has 7 heteroatoms. The van der Waals surface area contributed by atoms with Crippen LogP contribution in [0.2, 0.25) is 0 Å². The number of hydrogen-bond donors (Lipinski definition) is 3. The van der Waals surface area contributed by atoms with Gasteiger partial charge in [0.2, 0.25) is 0 Å². The van der Waals surface area contributed by atoms with Gasteiger partial charge in [0, 0.05) is 19.2 Å². The second-order valence-electron chi connectivity index (χ2n) is 5.78. The van der Waals surface area contributed by atoms with Gasteiger partial charge in [-0.15, -0.1) is 0 Å². The zero-order chi connectivity index (χ0) is 14.8. The van der Waals surface area contributed by atoms with Gasteiger partial charge in [-0.1, -0.05) is 12.8 Å². The van der Waals surface area contributed by atoms with Crippen molar-refractivity contribution in [3.63, 3.8) is 0 Å². The SMILES string of the molecule is Cc1nc(NCC2CCCCC2CO)cc2n[nH]c(=O)n12. The van der Waals surface area contributed by atoms with Crippen LogP contribution in [-0.2, 0) is 0 Å². The number of fused-ring (bicyclic) bond motifs is 1. The first-order valence-corrected chi connectivity index (χ1v) is 7.48. The van der Waals surface area contributed by atoms with Crippen LogP contribution >= 0.6 is 0 Å². The minimum atomic E-state index is -0.269. The first-order chi connectivity index (χ1) is 10.2. The highest BCUT2D eigenvalue weighted by Crippen LogP contribution is 2.29. The van der Waals surface area contributed by atoms with Crippen LogP contribution in [-0.4, -0.2) is 37.8 Å². The summed E-state index contributed by atoms with van der Waals surface area (Å²) in [7, 11) is 0. The van der Waals surface area contributed by atoms with Gasteiger partial charge in [-0.2, -0.15) is 5.10 Å². The molecule has 0 amide bonds. The van der Waals surface area contributed by atoms with Crippen molar-refractivity contribution in [3.8, 4) is 0 Å². The molecule has 3 rings (SSSR count). The number of anilines is 1. The maximum Gasteiger partial charge on any atom is 0.349 e. The van der Waals surface area contributed by atoms with E-state index in [-0.39, 0.29) is 12.3 Å².